The van der Waals surface area contributed by atoms with Crippen LogP contribution in [0.25, 0.3) is 0 Å². The van der Waals surface area contributed by atoms with Gasteiger partial charge in [-0.25, -0.2) is 23.1 Å². The average Bonchev–Trinajstić information content (AvgIpc) is 3.12. The van der Waals surface area contributed by atoms with Gasteiger partial charge < -0.3 is 9.64 Å². The first kappa shape index (κ1) is 19.2. The van der Waals surface area contributed by atoms with Gasteiger partial charge >= 0.3 is 0 Å². The summed E-state index contributed by atoms with van der Waals surface area (Å²) in [6, 6.07) is 5.24. The number of rotatable bonds is 3. The highest BCUT2D eigenvalue weighted by molar-refractivity contribution is 6.03. The Balaban J connectivity index is 1.77. The summed E-state index contributed by atoms with van der Waals surface area (Å²) in [5.74, 6) is -1.66. The molecule has 29 heavy (non-hydrogen) atoms. The number of nitrogens with one attached hydrogen (secondary N) is 1. The Morgan fingerprint density at radius 1 is 1.24 bits per heavy atom. The summed E-state index contributed by atoms with van der Waals surface area (Å²) in [5.41, 5.74) is 1.24. The van der Waals surface area contributed by atoms with Crippen LogP contribution in [-0.2, 0) is 4.79 Å². The molecule has 4 rings (SSSR count). The number of nitrogens with zero attached hydrogens (tertiary/aromatic N) is 3. The molecular formula is C20H19F3N4O2. The predicted molar refractivity (Wildman–Crippen MR) is 99.6 cm³/mol. The SMILES string of the molecule is COc1ccc(N=C2NC(=O)C(F)C3CCC(c4ccc(F)cc4F)N23)c(C)n1. The maximum absolute atomic E-state index is 14.6. The van der Waals surface area contributed by atoms with Crippen LogP contribution in [-0.4, -0.2) is 41.1 Å². The topological polar surface area (TPSA) is 66.8 Å². The number of carbonyl (C=O) groups excluding carboxylic acids is 1. The number of benzene rings is 1. The minimum Gasteiger partial charge on any atom is -0.481 e. The summed E-state index contributed by atoms with van der Waals surface area (Å²) >= 11 is 0. The number of aryl methyl sites for hydroxylation is 1. The lowest BCUT2D eigenvalue weighted by atomic mass is 10.0. The Labute approximate surface area is 165 Å². The zero-order valence-electron chi connectivity index (χ0n) is 15.8. The molecule has 6 nitrogen and oxygen atoms in total. The molecule has 0 bridgehead atoms. The smallest absolute Gasteiger partial charge is 0.263 e. The molecular weight excluding hydrogens is 385 g/mol. The molecule has 1 amide bonds. The number of pyridine rings is 1. The first-order valence-electron chi connectivity index (χ1n) is 9.17. The average molecular weight is 404 g/mol. The third-order valence-corrected chi connectivity index (χ3v) is 5.29. The zero-order chi connectivity index (χ0) is 20.7. The molecule has 3 atom stereocenters. The van der Waals surface area contributed by atoms with Crippen LogP contribution in [0.1, 0.15) is 30.1 Å². The van der Waals surface area contributed by atoms with E-state index in [4.69, 9.17) is 4.74 Å². The van der Waals surface area contributed by atoms with Gasteiger partial charge in [-0.2, -0.15) is 0 Å². The van der Waals surface area contributed by atoms with Gasteiger partial charge in [0.05, 0.1) is 30.6 Å². The van der Waals surface area contributed by atoms with Crippen LogP contribution < -0.4 is 10.1 Å². The molecule has 0 aliphatic carbocycles. The number of methoxy groups -OCH3 is 1. The molecule has 9 heteroatoms. The van der Waals surface area contributed by atoms with Crippen LogP contribution in [0.3, 0.4) is 0 Å². The Bertz CT molecular complexity index is 998. The van der Waals surface area contributed by atoms with E-state index in [-0.39, 0.29) is 11.5 Å². The van der Waals surface area contributed by atoms with Crippen molar-refractivity contribution < 1.29 is 22.7 Å². The van der Waals surface area contributed by atoms with E-state index < -0.39 is 35.8 Å². The summed E-state index contributed by atoms with van der Waals surface area (Å²) in [5, 5.41) is 2.48. The summed E-state index contributed by atoms with van der Waals surface area (Å²) in [6.07, 6.45) is -1.02. The number of guanidine groups is 1. The molecule has 0 saturated carbocycles. The number of aliphatic imine (C=N–C) groups is 1. The fourth-order valence-corrected chi connectivity index (χ4v) is 3.89. The van der Waals surface area contributed by atoms with Crippen molar-refractivity contribution in [1.29, 1.82) is 0 Å². The zero-order valence-corrected chi connectivity index (χ0v) is 15.8. The van der Waals surface area contributed by atoms with Gasteiger partial charge in [-0.3, -0.25) is 10.1 Å². The monoisotopic (exact) mass is 404 g/mol. The molecule has 1 aromatic carbocycles. The Morgan fingerprint density at radius 2 is 2.03 bits per heavy atom. The first-order valence-corrected chi connectivity index (χ1v) is 9.17. The van der Waals surface area contributed by atoms with Gasteiger partial charge in [0.2, 0.25) is 11.8 Å². The Morgan fingerprint density at radius 3 is 2.72 bits per heavy atom. The molecule has 3 unspecified atom stereocenters. The van der Waals surface area contributed by atoms with Gasteiger partial charge in [-0.1, -0.05) is 6.07 Å². The lowest BCUT2D eigenvalue weighted by Crippen LogP contribution is -2.60. The van der Waals surface area contributed by atoms with Gasteiger partial charge in [0.25, 0.3) is 5.91 Å². The maximum atomic E-state index is 14.6. The number of aromatic nitrogens is 1. The highest BCUT2D eigenvalue weighted by Gasteiger charge is 2.48. The lowest BCUT2D eigenvalue weighted by molar-refractivity contribution is -0.128. The maximum Gasteiger partial charge on any atom is 0.263 e. The van der Waals surface area contributed by atoms with E-state index in [2.05, 4.69) is 15.3 Å². The lowest BCUT2D eigenvalue weighted by Gasteiger charge is -2.38. The van der Waals surface area contributed by atoms with Gasteiger partial charge in [-0.15, -0.1) is 0 Å². The van der Waals surface area contributed by atoms with Crippen molar-refractivity contribution in [2.45, 2.75) is 38.0 Å². The molecule has 2 fully saturated rings. The van der Waals surface area contributed by atoms with Crippen molar-refractivity contribution >= 4 is 17.6 Å². The molecule has 0 radical (unpaired) electrons. The van der Waals surface area contributed by atoms with E-state index in [0.29, 0.717) is 30.1 Å². The fraction of sp³-hybridized carbons (Fsp3) is 0.350. The van der Waals surface area contributed by atoms with Gasteiger partial charge in [0.15, 0.2) is 6.17 Å². The van der Waals surface area contributed by atoms with Gasteiger partial charge in [0.1, 0.15) is 11.6 Å². The van der Waals surface area contributed by atoms with Gasteiger partial charge in [-0.05, 0) is 31.9 Å². The largest absolute Gasteiger partial charge is 0.481 e. The number of hydrogen-bond acceptors (Lipinski definition) is 4. The summed E-state index contributed by atoms with van der Waals surface area (Å²) in [7, 11) is 1.49. The highest BCUT2D eigenvalue weighted by Crippen LogP contribution is 2.41. The fourth-order valence-electron chi connectivity index (χ4n) is 3.89. The van der Waals surface area contributed by atoms with E-state index in [0.717, 1.165) is 12.1 Å². The number of alkyl halides is 1. The van der Waals surface area contributed by atoms with E-state index in [9.17, 15) is 18.0 Å². The number of carbonyl (C=O) groups is 1. The Hall–Kier alpha value is -3.10. The number of hydrogen-bond donors (Lipinski definition) is 1. The second kappa shape index (κ2) is 7.38. The predicted octanol–water partition coefficient (Wildman–Crippen LogP) is 3.34. The minimum absolute atomic E-state index is 0.121. The highest BCUT2D eigenvalue weighted by atomic mass is 19.1. The summed E-state index contributed by atoms with van der Waals surface area (Å²) in [4.78, 5) is 22.4. The van der Waals surface area contributed by atoms with Crippen LogP contribution in [0.4, 0.5) is 18.9 Å². The van der Waals surface area contributed by atoms with Crippen molar-refractivity contribution in [3.8, 4) is 5.88 Å². The van der Waals surface area contributed by atoms with Crippen LogP contribution in [0.2, 0.25) is 0 Å². The van der Waals surface area contributed by atoms with E-state index in [1.54, 1.807) is 24.0 Å². The second-order valence-corrected chi connectivity index (χ2v) is 7.02. The van der Waals surface area contributed by atoms with Crippen LogP contribution in [0, 0.1) is 18.6 Å². The van der Waals surface area contributed by atoms with Crippen molar-refractivity contribution in [3.05, 3.63) is 53.2 Å². The third kappa shape index (κ3) is 3.41. The van der Waals surface area contributed by atoms with Crippen molar-refractivity contribution in [1.82, 2.24) is 15.2 Å². The van der Waals surface area contributed by atoms with Crippen molar-refractivity contribution in [3.63, 3.8) is 0 Å². The van der Waals surface area contributed by atoms with E-state index in [1.807, 2.05) is 0 Å². The molecule has 2 saturated heterocycles. The quantitative estimate of drug-likeness (QED) is 0.852. The number of fused-ring (bicyclic) bond motifs is 1. The van der Waals surface area contributed by atoms with Crippen LogP contribution >= 0.6 is 0 Å². The molecule has 2 aliphatic heterocycles. The normalized spacial score (nSPS) is 25.1. The molecule has 1 aromatic heterocycles. The molecule has 3 heterocycles. The van der Waals surface area contributed by atoms with Crippen LogP contribution in [0.5, 0.6) is 5.88 Å². The summed E-state index contributed by atoms with van der Waals surface area (Å²) < 4.78 is 47.4. The third-order valence-electron chi connectivity index (χ3n) is 5.29. The number of halogens is 3. The molecule has 152 valence electrons. The molecule has 1 N–H and O–H groups in total. The standard InChI is InChI=1S/C20H19F3N4O2/c1-10-14(5-8-17(24-10)29-2)25-20-26-19(28)18(23)16-7-6-15(27(16)20)12-4-3-11(21)9-13(12)22/h3-5,8-9,15-16,18H,6-7H2,1-2H3,(H,25,26,28). The second-order valence-electron chi connectivity index (χ2n) is 7.02. The number of amides is 1. The van der Waals surface area contributed by atoms with Crippen LogP contribution in [0.15, 0.2) is 35.3 Å². The van der Waals surface area contributed by atoms with Crippen molar-refractivity contribution in [2.24, 2.45) is 4.99 Å². The molecule has 2 aliphatic rings. The Kier molecular flexibility index (Phi) is 4.89. The number of ether oxygens (including phenoxy) is 1. The summed E-state index contributed by atoms with van der Waals surface area (Å²) in [6.45, 7) is 1.73. The van der Waals surface area contributed by atoms with Gasteiger partial charge in [0, 0.05) is 17.7 Å². The first-order chi connectivity index (χ1) is 13.9. The molecule has 2 aromatic rings. The van der Waals surface area contributed by atoms with E-state index in [1.165, 1.54) is 13.2 Å². The van der Waals surface area contributed by atoms with E-state index >= 15 is 0 Å². The molecule has 0 spiro atoms. The minimum atomic E-state index is -1.77. The van der Waals surface area contributed by atoms with Crippen molar-refractivity contribution in [2.75, 3.05) is 7.11 Å².